The normalized spacial score (nSPS) is 10.7. The van der Waals surface area contributed by atoms with Gasteiger partial charge in [-0.2, -0.15) is 0 Å². The van der Waals surface area contributed by atoms with Crippen molar-refractivity contribution in [2.75, 3.05) is 17.2 Å². The van der Waals surface area contributed by atoms with Gasteiger partial charge in [-0.25, -0.2) is 0 Å². The van der Waals surface area contributed by atoms with Gasteiger partial charge in [0.1, 0.15) is 11.5 Å². The number of anilines is 2. The van der Waals surface area contributed by atoms with Crippen LogP contribution in [0.3, 0.4) is 0 Å². The first-order chi connectivity index (χ1) is 18.5. The van der Waals surface area contributed by atoms with Crippen molar-refractivity contribution >= 4 is 45.1 Å². The standard InChI is InChI=1S/C31H35BrN2O5/c1-19(2)25-14-9-20(3)15-28(25)39-24-12-10-23(11-13-24)33-29(35)7-6-8-31(37)38-18-30(36)34-27-17-21(4)26(32)16-22(27)5/h9-17,19H,6-8,18H2,1-5H3,(H,33,35)(H,34,36). The van der Waals surface area contributed by atoms with Crippen LogP contribution in [-0.2, 0) is 19.1 Å². The van der Waals surface area contributed by atoms with Crippen molar-refractivity contribution in [1.82, 2.24) is 0 Å². The number of carbonyl (C=O) groups is 3. The van der Waals surface area contributed by atoms with Crippen LogP contribution in [0.5, 0.6) is 11.5 Å². The number of amides is 2. The van der Waals surface area contributed by atoms with Crippen molar-refractivity contribution in [3.05, 3.63) is 81.3 Å². The van der Waals surface area contributed by atoms with Crippen LogP contribution in [-0.4, -0.2) is 24.4 Å². The summed E-state index contributed by atoms with van der Waals surface area (Å²) in [5.74, 6) is 0.680. The first-order valence-corrected chi connectivity index (χ1v) is 13.7. The van der Waals surface area contributed by atoms with Gasteiger partial charge in [0.25, 0.3) is 5.91 Å². The van der Waals surface area contributed by atoms with E-state index >= 15 is 0 Å². The zero-order chi connectivity index (χ0) is 28.5. The third-order valence-corrected chi connectivity index (χ3v) is 6.94. The topological polar surface area (TPSA) is 93.7 Å². The van der Waals surface area contributed by atoms with Crippen LogP contribution in [0.4, 0.5) is 11.4 Å². The molecule has 0 saturated carbocycles. The van der Waals surface area contributed by atoms with Gasteiger partial charge < -0.3 is 20.1 Å². The van der Waals surface area contributed by atoms with Crippen LogP contribution in [0, 0.1) is 20.8 Å². The molecule has 206 valence electrons. The number of benzene rings is 3. The summed E-state index contributed by atoms with van der Waals surface area (Å²) in [5, 5.41) is 5.58. The molecule has 0 aliphatic rings. The summed E-state index contributed by atoms with van der Waals surface area (Å²) in [6.45, 7) is 9.70. The predicted octanol–water partition coefficient (Wildman–Crippen LogP) is 7.58. The lowest BCUT2D eigenvalue weighted by atomic mass is 10.0. The maximum absolute atomic E-state index is 12.3. The summed E-state index contributed by atoms with van der Waals surface area (Å²) in [6.07, 6.45) is 0.500. The largest absolute Gasteiger partial charge is 0.457 e. The molecule has 0 fully saturated rings. The maximum atomic E-state index is 12.3. The number of carbonyl (C=O) groups excluding carboxylic acids is 3. The van der Waals surface area contributed by atoms with E-state index in [1.807, 2.05) is 51.1 Å². The molecule has 0 bridgehead atoms. The first-order valence-electron chi connectivity index (χ1n) is 12.9. The number of ether oxygens (including phenoxy) is 2. The minimum absolute atomic E-state index is 0.0403. The fourth-order valence-corrected chi connectivity index (χ4v) is 4.33. The van der Waals surface area contributed by atoms with E-state index in [4.69, 9.17) is 9.47 Å². The van der Waals surface area contributed by atoms with Crippen LogP contribution >= 0.6 is 15.9 Å². The van der Waals surface area contributed by atoms with Crippen LogP contribution in [0.15, 0.2) is 59.1 Å². The first kappa shape index (κ1) is 29.9. The van der Waals surface area contributed by atoms with Crippen molar-refractivity contribution in [2.45, 2.75) is 59.8 Å². The molecule has 3 aromatic rings. The molecule has 8 heteroatoms. The van der Waals surface area contributed by atoms with E-state index in [0.717, 1.165) is 32.5 Å². The third kappa shape index (κ3) is 9.25. The predicted molar refractivity (Wildman–Crippen MR) is 157 cm³/mol. The number of hydrogen-bond donors (Lipinski definition) is 2. The quantitative estimate of drug-likeness (QED) is 0.223. The molecule has 7 nitrogen and oxygen atoms in total. The van der Waals surface area contributed by atoms with Gasteiger partial charge in [-0.15, -0.1) is 0 Å². The molecular formula is C31H35BrN2O5. The van der Waals surface area contributed by atoms with E-state index in [2.05, 4.69) is 52.5 Å². The molecule has 0 saturated heterocycles. The Hall–Kier alpha value is -3.65. The van der Waals surface area contributed by atoms with Gasteiger partial charge in [0, 0.05) is 28.7 Å². The molecule has 2 N–H and O–H groups in total. The van der Waals surface area contributed by atoms with E-state index in [0.29, 0.717) is 29.5 Å². The lowest BCUT2D eigenvalue weighted by Gasteiger charge is -2.15. The lowest BCUT2D eigenvalue weighted by Crippen LogP contribution is -2.21. The fraction of sp³-hybridized carbons (Fsp3) is 0.323. The molecule has 0 aliphatic carbocycles. The number of rotatable bonds is 11. The van der Waals surface area contributed by atoms with Crippen molar-refractivity contribution in [3.8, 4) is 11.5 Å². The Morgan fingerprint density at radius 3 is 2.26 bits per heavy atom. The molecule has 0 atom stereocenters. The van der Waals surface area contributed by atoms with E-state index in [1.165, 1.54) is 0 Å². The molecule has 0 radical (unpaired) electrons. The summed E-state index contributed by atoms with van der Waals surface area (Å²) in [7, 11) is 0. The van der Waals surface area contributed by atoms with E-state index in [-0.39, 0.29) is 25.4 Å². The van der Waals surface area contributed by atoms with Gasteiger partial charge in [0.15, 0.2) is 6.61 Å². The molecule has 0 heterocycles. The van der Waals surface area contributed by atoms with Gasteiger partial charge in [-0.05, 0) is 97.8 Å². The van der Waals surface area contributed by atoms with Gasteiger partial charge >= 0.3 is 5.97 Å². The average Bonchev–Trinajstić information content (AvgIpc) is 2.87. The van der Waals surface area contributed by atoms with E-state index < -0.39 is 11.9 Å². The number of esters is 1. The maximum Gasteiger partial charge on any atom is 0.306 e. The number of nitrogens with one attached hydrogen (secondary N) is 2. The Kier molecular flexibility index (Phi) is 10.7. The van der Waals surface area contributed by atoms with Crippen molar-refractivity contribution in [3.63, 3.8) is 0 Å². The Balaban J connectivity index is 1.39. The van der Waals surface area contributed by atoms with Crippen LogP contribution in [0.1, 0.15) is 61.3 Å². The molecule has 0 aliphatic heterocycles. The highest BCUT2D eigenvalue weighted by molar-refractivity contribution is 9.10. The second-order valence-electron chi connectivity index (χ2n) is 9.85. The average molecular weight is 596 g/mol. The van der Waals surface area contributed by atoms with Gasteiger partial charge in [0.2, 0.25) is 5.91 Å². The second kappa shape index (κ2) is 13.9. The fourth-order valence-electron chi connectivity index (χ4n) is 3.88. The Labute approximate surface area is 238 Å². The molecule has 2 amide bonds. The molecule has 39 heavy (non-hydrogen) atoms. The highest BCUT2D eigenvalue weighted by Gasteiger charge is 2.12. The van der Waals surface area contributed by atoms with Crippen LogP contribution in [0.25, 0.3) is 0 Å². The van der Waals surface area contributed by atoms with Crippen LogP contribution < -0.4 is 15.4 Å². The molecule has 0 aromatic heterocycles. The zero-order valence-electron chi connectivity index (χ0n) is 23.0. The molecule has 3 rings (SSSR count). The van der Waals surface area contributed by atoms with Crippen molar-refractivity contribution in [1.29, 1.82) is 0 Å². The Morgan fingerprint density at radius 1 is 0.846 bits per heavy atom. The number of hydrogen-bond acceptors (Lipinski definition) is 5. The van der Waals surface area contributed by atoms with Crippen molar-refractivity contribution < 1.29 is 23.9 Å². The minimum Gasteiger partial charge on any atom is -0.457 e. The Morgan fingerprint density at radius 2 is 1.56 bits per heavy atom. The summed E-state index contributed by atoms with van der Waals surface area (Å²) in [6, 6.07) is 17.1. The van der Waals surface area contributed by atoms with Crippen LogP contribution in [0.2, 0.25) is 0 Å². The molecule has 0 unspecified atom stereocenters. The van der Waals surface area contributed by atoms with Gasteiger partial charge in [-0.3, -0.25) is 14.4 Å². The highest BCUT2D eigenvalue weighted by atomic mass is 79.9. The van der Waals surface area contributed by atoms with E-state index in [9.17, 15) is 14.4 Å². The molecular weight excluding hydrogens is 560 g/mol. The minimum atomic E-state index is -0.528. The lowest BCUT2D eigenvalue weighted by molar-refractivity contribution is -0.147. The highest BCUT2D eigenvalue weighted by Crippen LogP contribution is 2.32. The Bertz CT molecular complexity index is 1340. The monoisotopic (exact) mass is 594 g/mol. The number of aryl methyl sites for hydroxylation is 3. The second-order valence-corrected chi connectivity index (χ2v) is 10.7. The van der Waals surface area contributed by atoms with Crippen molar-refractivity contribution in [2.24, 2.45) is 0 Å². The summed E-state index contributed by atoms with van der Waals surface area (Å²) in [4.78, 5) is 36.5. The zero-order valence-corrected chi connectivity index (χ0v) is 24.6. The van der Waals surface area contributed by atoms with Gasteiger partial charge in [0.05, 0.1) is 0 Å². The SMILES string of the molecule is Cc1ccc(C(C)C)c(Oc2ccc(NC(=O)CCCC(=O)OCC(=O)Nc3cc(C)c(Br)cc3C)cc2)c1. The van der Waals surface area contributed by atoms with Gasteiger partial charge in [-0.1, -0.05) is 41.9 Å². The molecule has 3 aromatic carbocycles. The summed E-state index contributed by atoms with van der Waals surface area (Å²) in [5.41, 5.74) is 5.44. The number of halogens is 1. The molecule has 0 spiro atoms. The smallest absolute Gasteiger partial charge is 0.306 e. The summed E-state index contributed by atoms with van der Waals surface area (Å²) >= 11 is 3.45. The van der Waals surface area contributed by atoms with E-state index in [1.54, 1.807) is 12.1 Å². The third-order valence-electron chi connectivity index (χ3n) is 6.09. The summed E-state index contributed by atoms with van der Waals surface area (Å²) < 4.78 is 12.1.